The Kier molecular flexibility index (Phi) is 6.56. The van der Waals surface area contributed by atoms with Crippen LogP contribution in [0.3, 0.4) is 0 Å². The summed E-state index contributed by atoms with van der Waals surface area (Å²) in [6, 6.07) is 0. The Morgan fingerprint density at radius 2 is 1.71 bits per heavy atom. The number of aliphatic hydroxyl groups excluding tert-OH is 2. The van der Waals surface area contributed by atoms with E-state index in [9.17, 15) is 15.3 Å². The summed E-state index contributed by atoms with van der Waals surface area (Å²) in [5.41, 5.74) is -0.714. The molecule has 7 aliphatic rings. The van der Waals surface area contributed by atoms with Gasteiger partial charge >= 0.3 is 0 Å². The van der Waals surface area contributed by atoms with Crippen molar-refractivity contribution in [1.82, 2.24) is 5.32 Å². The van der Waals surface area contributed by atoms with E-state index in [0.29, 0.717) is 28.6 Å². The molecule has 5 saturated carbocycles. The fraction of sp³-hybridized carbons (Fsp3) is 1.00. The second-order valence-electron chi connectivity index (χ2n) is 17.3. The number of rotatable bonds is 4. The highest BCUT2D eigenvalue weighted by molar-refractivity contribution is 5.33. The van der Waals surface area contributed by atoms with Crippen LogP contribution < -0.4 is 5.32 Å². The van der Waals surface area contributed by atoms with E-state index in [1.807, 2.05) is 0 Å². The van der Waals surface area contributed by atoms with Crippen LogP contribution in [0.2, 0.25) is 0 Å². The summed E-state index contributed by atoms with van der Waals surface area (Å²) < 4.78 is 19.3. The Morgan fingerprint density at radius 3 is 2.39 bits per heavy atom. The first-order valence-electron chi connectivity index (χ1n) is 16.9. The average molecular weight is 576 g/mol. The third-order valence-corrected chi connectivity index (χ3v) is 15.1. The first-order chi connectivity index (χ1) is 19.1. The molecule has 2 saturated heterocycles. The van der Waals surface area contributed by atoms with E-state index in [2.05, 4.69) is 39.9 Å². The van der Waals surface area contributed by atoms with Gasteiger partial charge in [0.05, 0.1) is 36.6 Å². The first kappa shape index (κ1) is 29.4. The van der Waals surface area contributed by atoms with Crippen LogP contribution in [0.5, 0.6) is 0 Å². The third kappa shape index (κ3) is 3.69. The predicted octanol–water partition coefficient (Wildman–Crippen LogP) is 4.26. The molecule has 7 fully saturated rings. The van der Waals surface area contributed by atoms with E-state index in [1.165, 1.54) is 25.7 Å². The molecule has 7 nitrogen and oxygen atoms in total. The maximum Gasteiger partial charge on any atom is 0.170 e. The molecule has 2 heterocycles. The number of ether oxygens (including phenoxy) is 3. The Hall–Kier alpha value is -0.280. The van der Waals surface area contributed by atoms with Crippen LogP contribution in [0, 0.1) is 50.7 Å². The molecule has 2 aliphatic heterocycles. The molecule has 2 spiro atoms. The minimum Gasteiger partial charge on any atom is -0.390 e. The zero-order valence-electron chi connectivity index (χ0n) is 26.6. The number of hydrogen-bond acceptors (Lipinski definition) is 7. The molecular weight excluding hydrogens is 518 g/mol. The minimum atomic E-state index is -1.24. The molecule has 5 aliphatic carbocycles. The number of morpholine rings is 1. The molecular formula is C34H57NO6. The summed E-state index contributed by atoms with van der Waals surface area (Å²) in [6.07, 6.45) is 6.92. The molecule has 7 heteroatoms. The molecule has 0 aromatic heterocycles. The van der Waals surface area contributed by atoms with Gasteiger partial charge < -0.3 is 34.8 Å². The minimum absolute atomic E-state index is 0.00512. The predicted molar refractivity (Wildman–Crippen MR) is 156 cm³/mol. The van der Waals surface area contributed by atoms with Gasteiger partial charge in [0.2, 0.25) is 0 Å². The fourth-order valence-electron chi connectivity index (χ4n) is 13.0. The van der Waals surface area contributed by atoms with Crippen LogP contribution in [0.15, 0.2) is 0 Å². The molecule has 0 radical (unpaired) electrons. The lowest BCUT2D eigenvalue weighted by molar-refractivity contribution is -0.237. The summed E-state index contributed by atoms with van der Waals surface area (Å²) in [4.78, 5) is 0. The van der Waals surface area contributed by atoms with Crippen molar-refractivity contribution in [3.8, 4) is 0 Å². The molecule has 0 unspecified atom stereocenters. The fourth-order valence-corrected chi connectivity index (χ4v) is 13.0. The van der Waals surface area contributed by atoms with Crippen LogP contribution in [-0.4, -0.2) is 77.4 Å². The Bertz CT molecular complexity index is 1040. The van der Waals surface area contributed by atoms with Crippen LogP contribution in [-0.2, 0) is 14.2 Å². The van der Waals surface area contributed by atoms with Crippen LogP contribution in [0.4, 0.5) is 0 Å². The van der Waals surface area contributed by atoms with Gasteiger partial charge in [-0.2, -0.15) is 0 Å². The number of nitrogens with one attached hydrogen (secondary N) is 1. The van der Waals surface area contributed by atoms with E-state index < -0.39 is 23.9 Å². The monoisotopic (exact) mass is 575 g/mol. The van der Waals surface area contributed by atoms with Gasteiger partial charge in [-0.3, -0.25) is 0 Å². The van der Waals surface area contributed by atoms with E-state index >= 15 is 0 Å². The SMILES string of the molecule is C[C@@H]1C[C@H]([C@H](O)C(C)(C)O)O[C@H]2[C@H]1[C@@]1(C)CC[C@@]34C[C@@]35CC[C@H](O[C@H]3CNCCO3)C(C)(C)[C@@H]5CC[C@H]4[C@]1(C)[C@H]2O. The summed E-state index contributed by atoms with van der Waals surface area (Å²) in [6.45, 7) is 17.8. The normalized spacial score (nSPS) is 56.5. The van der Waals surface area contributed by atoms with E-state index in [4.69, 9.17) is 14.2 Å². The number of hydrogen-bond donors (Lipinski definition) is 4. The van der Waals surface area contributed by atoms with Gasteiger partial charge in [-0.05, 0) is 111 Å². The Morgan fingerprint density at radius 1 is 1.00 bits per heavy atom. The lowest BCUT2D eigenvalue weighted by atomic mass is 9.41. The molecule has 0 aromatic carbocycles. The molecule has 0 aromatic rings. The molecule has 0 bridgehead atoms. The standard InChI is InChI=1S/C34H57NO6/c1-19-16-20(27(36)30(4,5)38)40-26-25(19)31(6)12-13-34-18-33(34)11-10-23(41-24-17-35-14-15-39-24)29(2,3)21(33)8-9-22(34)32(31,7)28(26)37/h19-28,35-38H,8-18H2,1-7H3/t19-,20-,21+,22+,23+,24+,25+,26+,27+,28+,31-,32-,33-,34+/m1/s1. The van der Waals surface area contributed by atoms with E-state index in [-0.39, 0.29) is 40.7 Å². The van der Waals surface area contributed by atoms with Gasteiger partial charge in [-0.1, -0.05) is 34.6 Å². The third-order valence-electron chi connectivity index (χ3n) is 15.1. The van der Waals surface area contributed by atoms with Gasteiger partial charge in [-0.25, -0.2) is 0 Å². The van der Waals surface area contributed by atoms with Gasteiger partial charge in [-0.15, -0.1) is 0 Å². The van der Waals surface area contributed by atoms with Crippen molar-refractivity contribution >= 4 is 0 Å². The highest BCUT2D eigenvalue weighted by atomic mass is 16.7. The Labute approximate surface area is 247 Å². The largest absolute Gasteiger partial charge is 0.390 e. The zero-order valence-corrected chi connectivity index (χ0v) is 26.6. The summed E-state index contributed by atoms with van der Waals surface area (Å²) in [5, 5.41) is 37.3. The molecule has 41 heavy (non-hydrogen) atoms. The zero-order chi connectivity index (χ0) is 29.4. The lowest BCUT2D eigenvalue weighted by Gasteiger charge is -2.64. The highest BCUT2D eigenvalue weighted by Crippen LogP contribution is 2.89. The van der Waals surface area contributed by atoms with Crippen LogP contribution in [0.25, 0.3) is 0 Å². The van der Waals surface area contributed by atoms with E-state index in [0.717, 1.165) is 45.4 Å². The summed E-state index contributed by atoms with van der Waals surface area (Å²) in [5.74, 6) is 1.70. The van der Waals surface area contributed by atoms with Crippen molar-refractivity contribution in [3.05, 3.63) is 0 Å². The summed E-state index contributed by atoms with van der Waals surface area (Å²) >= 11 is 0. The van der Waals surface area contributed by atoms with Crippen LogP contribution in [0.1, 0.15) is 99.8 Å². The van der Waals surface area contributed by atoms with Crippen molar-refractivity contribution in [1.29, 1.82) is 0 Å². The first-order valence-corrected chi connectivity index (χ1v) is 16.9. The van der Waals surface area contributed by atoms with E-state index in [1.54, 1.807) is 13.8 Å². The van der Waals surface area contributed by atoms with Crippen LogP contribution >= 0.6 is 0 Å². The van der Waals surface area contributed by atoms with Crippen molar-refractivity contribution < 1.29 is 29.5 Å². The van der Waals surface area contributed by atoms with Gasteiger partial charge in [0, 0.05) is 18.5 Å². The molecule has 7 rings (SSSR count). The lowest BCUT2D eigenvalue weighted by Crippen LogP contribution is -2.60. The maximum absolute atomic E-state index is 12.3. The topological polar surface area (TPSA) is 100 Å². The second-order valence-corrected chi connectivity index (χ2v) is 17.3. The Balaban J connectivity index is 1.16. The molecule has 4 N–H and O–H groups in total. The van der Waals surface area contributed by atoms with Crippen molar-refractivity contribution in [3.63, 3.8) is 0 Å². The second kappa shape index (κ2) is 9.14. The number of fused-ring (bicyclic) bond motifs is 4. The quantitative estimate of drug-likeness (QED) is 0.398. The smallest absolute Gasteiger partial charge is 0.170 e. The molecule has 14 atom stereocenters. The molecule has 234 valence electrons. The van der Waals surface area contributed by atoms with Gasteiger partial charge in [0.1, 0.15) is 6.10 Å². The maximum atomic E-state index is 12.3. The summed E-state index contributed by atoms with van der Waals surface area (Å²) in [7, 11) is 0. The average Bonchev–Trinajstić information content (AvgIpc) is 3.54. The van der Waals surface area contributed by atoms with Gasteiger partial charge in [0.25, 0.3) is 0 Å². The number of aliphatic hydroxyl groups is 3. The molecule has 0 amide bonds. The van der Waals surface area contributed by atoms with Crippen molar-refractivity contribution in [2.24, 2.45) is 50.7 Å². The van der Waals surface area contributed by atoms with Crippen molar-refractivity contribution in [2.45, 2.75) is 142 Å². The van der Waals surface area contributed by atoms with Gasteiger partial charge in [0.15, 0.2) is 6.29 Å². The van der Waals surface area contributed by atoms with Crippen molar-refractivity contribution in [2.75, 3.05) is 19.7 Å². The highest BCUT2D eigenvalue weighted by Gasteiger charge is 2.84.